The molecule has 7 heteroatoms. The maximum atomic E-state index is 4.36. The molecular weight excluding hydrogens is 421 g/mol. The molecule has 0 amide bonds. The number of aromatic nitrogens is 1. The Morgan fingerprint density at radius 1 is 1.52 bits per heavy atom. The Hall–Kier alpha value is -0.410. The van der Waals surface area contributed by atoms with Crippen molar-refractivity contribution in [1.29, 1.82) is 0 Å². The van der Waals surface area contributed by atoms with Gasteiger partial charge in [-0.05, 0) is 39.2 Å². The molecule has 5 nitrogen and oxygen atoms in total. The number of nitrogens with one attached hydrogen (secondary N) is 2. The van der Waals surface area contributed by atoms with Crippen LogP contribution in [0.15, 0.2) is 11.2 Å². The van der Waals surface area contributed by atoms with Gasteiger partial charge in [0.15, 0.2) is 5.96 Å². The van der Waals surface area contributed by atoms with Gasteiger partial charge < -0.3 is 10.6 Å². The van der Waals surface area contributed by atoms with Gasteiger partial charge in [0.2, 0.25) is 0 Å². The summed E-state index contributed by atoms with van der Waals surface area (Å²) in [4.78, 5) is 12.5. The van der Waals surface area contributed by atoms with Crippen molar-refractivity contribution in [3.63, 3.8) is 0 Å². The number of aryl methyl sites for hydroxylation is 1. The lowest BCUT2D eigenvalue weighted by Gasteiger charge is -2.35. The summed E-state index contributed by atoms with van der Waals surface area (Å²) in [5.74, 6) is 1.67. The summed E-state index contributed by atoms with van der Waals surface area (Å²) in [7, 11) is 1.82. The minimum Gasteiger partial charge on any atom is -0.355 e. The monoisotopic (exact) mass is 451 g/mol. The quantitative estimate of drug-likeness (QED) is 0.411. The fourth-order valence-corrected chi connectivity index (χ4v) is 3.59. The number of halogens is 1. The summed E-state index contributed by atoms with van der Waals surface area (Å²) < 4.78 is 0. The van der Waals surface area contributed by atoms with Crippen LogP contribution in [0.3, 0.4) is 0 Å². The predicted molar refractivity (Wildman–Crippen MR) is 110 cm³/mol. The van der Waals surface area contributed by atoms with Gasteiger partial charge in [-0.1, -0.05) is 6.92 Å². The molecule has 0 spiro atoms. The molecule has 1 aliphatic heterocycles. The number of hydrogen-bond donors (Lipinski definition) is 2. The lowest BCUT2D eigenvalue weighted by atomic mass is 9.99. The van der Waals surface area contributed by atoms with Gasteiger partial charge in [0.05, 0.1) is 6.54 Å². The molecule has 2 unspecified atom stereocenters. The molecular formula is C16H30IN5S. The third kappa shape index (κ3) is 6.93. The van der Waals surface area contributed by atoms with Gasteiger partial charge in [-0.25, -0.2) is 4.98 Å². The van der Waals surface area contributed by atoms with Crippen LogP contribution in [0, 0.1) is 12.8 Å². The standard InChI is InChI=1S/C16H29N5S.HI/c1-12-6-5-7-21(11-12)13(2)8-19-16(17-4)20-10-15-18-9-14(3)22-15;/h9,12-13H,5-8,10-11H2,1-4H3,(H2,17,19,20);1H. The number of piperidine rings is 1. The third-order valence-corrected chi connectivity index (χ3v) is 5.09. The van der Waals surface area contributed by atoms with E-state index in [-0.39, 0.29) is 24.0 Å². The lowest BCUT2D eigenvalue weighted by Crippen LogP contribution is -2.48. The van der Waals surface area contributed by atoms with E-state index in [0.717, 1.165) is 30.0 Å². The second kappa shape index (κ2) is 10.5. The van der Waals surface area contributed by atoms with Crippen LogP contribution in [0.2, 0.25) is 0 Å². The van der Waals surface area contributed by atoms with Crippen LogP contribution in [-0.2, 0) is 6.54 Å². The van der Waals surface area contributed by atoms with E-state index in [2.05, 4.69) is 46.3 Å². The number of aliphatic imine (C=N–C) groups is 1. The van der Waals surface area contributed by atoms with Gasteiger partial charge in [-0.2, -0.15) is 0 Å². The van der Waals surface area contributed by atoms with E-state index in [0.29, 0.717) is 6.04 Å². The Bertz CT molecular complexity index is 491. The van der Waals surface area contributed by atoms with Crippen molar-refractivity contribution in [2.45, 2.75) is 46.2 Å². The number of rotatable bonds is 5. The highest BCUT2D eigenvalue weighted by Gasteiger charge is 2.20. The first-order valence-electron chi connectivity index (χ1n) is 8.18. The SMILES string of the molecule is CN=C(NCc1ncc(C)s1)NCC(C)N1CCCC(C)C1.I. The van der Waals surface area contributed by atoms with E-state index in [1.54, 1.807) is 11.3 Å². The summed E-state index contributed by atoms with van der Waals surface area (Å²) in [6, 6.07) is 0.531. The fraction of sp³-hybridized carbons (Fsp3) is 0.750. The maximum absolute atomic E-state index is 4.36. The summed E-state index contributed by atoms with van der Waals surface area (Å²) >= 11 is 1.72. The highest BCUT2D eigenvalue weighted by atomic mass is 127. The molecule has 23 heavy (non-hydrogen) atoms. The Morgan fingerprint density at radius 3 is 2.91 bits per heavy atom. The van der Waals surface area contributed by atoms with Crippen LogP contribution in [-0.4, -0.2) is 48.6 Å². The average molecular weight is 451 g/mol. The zero-order valence-electron chi connectivity index (χ0n) is 14.6. The molecule has 1 fully saturated rings. The first-order chi connectivity index (χ1) is 10.6. The summed E-state index contributed by atoms with van der Waals surface area (Å²) in [5.41, 5.74) is 0. The van der Waals surface area contributed by atoms with Crippen LogP contribution in [0.4, 0.5) is 0 Å². The van der Waals surface area contributed by atoms with E-state index in [1.165, 1.54) is 30.8 Å². The summed E-state index contributed by atoms with van der Waals surface area (Å²) in [5, 5.41) is 7.86. The Morgan fingerprint density at radius 2 is 2.30 bits per heavy atom. The molecule has 1 aliphatic rings. The van der Waals surface area contributed by atoms with Gasteiger partial charge in [-0.3, -0.25) is 9.89 Å². The molecule has 0 bridgehead atoms. The fourth-order valence-electron chi connectivity index (χ4n) is 2.86. The lowest BCUT2D eigenvalue weighted by molar-refractivity contribution is 0.139. The Balaban J connectivity index is 0.00000264. The molecule has 2 rings (SSSR count). The molecule has 132 valence electrons. The summed E-state index contributed by atoms with van der Waals surface area (Å²) in [6.45, 7) is 10.8. The third-order valence-electron chi connectivity index (χ3n) is 4.18. The molecule has 1 aromatic rings. The maximum Gasteiger partial charge on any atom is 0.191 e. The van der Waals surface area contributed by atoms with Crippen molar-refractivity contribution in [2.24, 2.45) is 10.9 Å². The van der Waals surface area contributed by atoms with Crippen molar-refractivity contribution in [3.05, 3.63) is 16.1 Å². The van der Waals surface area contributed by atoms with Gasteiger partial charge >= 0.3 is 0 Å². The van der Waals surface area contributed by atoms with Crippen molar-refractivity contribution < 1.29 is 0 Å². The molecule has 2 atom stereocenters. The molecule has 1 aromatic heterocycles. The van der Waals surface area contributed by atoms with Gasteiger partial charge in [-0.15, -0.1) is 35.3 Å². The highest BCUT2D eigenvalue weighted by molar-refractivity contribution is 14.0. The molecule has 1 saturated heterocycles. The minimum atomic E-state index is 0. The summed E-state index contributed by atoms with van der Waals surface area (Å²) in [6.07, 6.45) is 4.60. The predicted octanol–water partition coefficient (Wildman–Crippen LogP) is 2.85. The first-order valence-corrected chi connectivity index (χ1v) is 9.00. The van der Waals surface area contributed by atoms with Crippen LogP contribution in [0.25, 0.3) is 0 Å². The van der Waals surface area contributed by atoms with Crippen molar-refractivity contribution in [2.75, 3.05) is 26.7 Å². The number of nitrogens with zero attached hydrogens (tertiary/aromatic N) is 3. The normalized spacial score (nSPS) is 20.7. The number of guanidine groups is 1. The molecule has 0 saturated carbocycles. The minimum absolute atomic E-state index is 0. The van der Waals surface area contributed by atoms with Gasteiger partial charge in [0.25, 0.3) is 0 Å². The molecule has 0 aromatic carbocycles. The van der Waals surface area contributed by atoms with Crippen LogP contribution < -0.4 is 10.6 Å². The smallest absolute Gasteiger partial charge is 0.191 e. The number of thiazole rings is 1. The largest absolute Gasteiger partial charge is 0.355 e. The number of likely N-dealkylation sites (tertiary alicyclic amines) is 1. The average Bonchev–Trinajstić information content (AvgIpc) is 2.92. The van der Waals surface area contributed by atoms with Gasteiger partial charge in [0.1, 0.15) is 5.01 Å². The highest BCUT2D eigenvalue weighted by Crippen LogP contribution is 2.17. The molecule has 0 radical (unpaired) electrons. The number of hydrogen-bond acceptors (Lipinski definition) is 4. The van der Waals surface area contributed by atoms with E-state index in [9.17, 15) is 0 Å². The van der Waals surface area contributed by atoms with Crippen LogP contribution in [0.5, 0.6) is 0 Å². The zero-order chi connectivity index (χ0) is 15.9. The van der Waals surface area contributed by atoms with Crippen molar-refractivity contribution >= 4 is 41.3 Å². The zero-order valence-corrected chi connectivity index (χ0v) is 17.8. The second-order valence-electron chi connectivity index (χ2n) is 6.26. The van der Waals surface area contributed by atoms with Crippen LogP contribution in [0.1, 0.15) is 36.6 Å². The van der Waals surface area contributed by atoms with Crippen LogP contribution >= 0.6 is 35.3 Å². The van der Waals surface area contributed by atoms with Crippen molar-refractivity contribution in [3.8, 4) is 0 Å². The second-order valence-corrected chi connectivity index (χ2v) is 7.58. The van der Waals surface area contributed by atoms with Crippen molar-refractivity contribution in [1.82, 2.24) is 20.5 Å². The molecule has 0 aliphatic carbocycles. The topological polar surface area (TPSA) is 52.6 Å². The molecule has 2 N–H and O–H groups in total. The van der Waals surface area contributed by atoms with E-state index in [1.807, 2.05) is 13.2 Å². The Labute approximate surface area is 161 Å². The molecule has 2 heterocycles. The van der Waals surface area contributed by atoms with Gasteiger partial charge in [0, 0.05) is 37.3 Å². The Kier molecular flexibility index (Phi) is 9.38. The first kappa shape index (κ1) is 20.6. The van der Waals surface area contributed by atoms with E-state index >= 15 is 0 Å². The van der Waals surface area contributed by atoms with E-state index in [4.69, 9.17) is 0 Å². The van der Waals surface area contributed by atoms with E-state index < -0.39 is 0 Å².